The Morgan fingerprint density at radius 3 is 2.41 bits per heavy atom. The van der Waals surface area contributed by atoms with Crippen LogP contribution in [0.15, 0.2) is 0 Å². The maximum absolute atomic E-state index is 10.3. The summed E-state index contributed by atoms with van der Waals surface area (Å²) < 4.78 is 0. The monoisotopic (exact) mass is 240 g/mol. The number of aliphatic hydroxyl groups is 1. The zero-order chi connectivity index (χ0) is 12.3. The third-order valence-electron chi connectivity index (χ3n) is 4.65. The van der Waals surface area contributed by atoms with Crippen LogP contribution < -0.4 is 0 Å². The largest absolute Gasteiger partial charge is 0.391 e. The van der Waals surface area contributed by atoms with E-state index in [4.69, 9.17) is 0 Å². The second-order valence-corrected chi connectivity index (χ2v) is 5.95. The van der Waals surface area contributed by atoms with Crippen molar-refractivity contribution in [3.8, 4) is 0 Å². The molecule has 3 heteroatoms. The first-order valence-electron chi connectivity index (χ1n) is 7.31. The lowest BCUT2D eigenvalue weighted by Crippen LogP contribution is -2.56. The van der Waals surface area contributed by atoms with Crippen molar-refractivity contribution in [3.63, 3.8) is 0 Å². The van der Waals surface area contributed by atoms with Crippen LogP contribution in [0.2, 0.25) is 0 Å². The van der Waals surface area contributed by atoms with Crippen LogP contribution in [0.5, 0.6) is 0 Å². The van der Waals surface area contributed by atoms with Gasteiger partial charge in [0.25, 0.3) is 0 Å². The Balaban J connectivity index is 1.93. The summed E-state index contributed by atoms with van der Waals surface area (Å²) in [5, 5.41) is 10.3. The normalized spacial score (nSPS) is 38.6. The van der Waals surface area contributed by atoms with E-state index in [1.165, 1.54) is 32.1 Å². The molecule has 2 aliphatic rings. The van der Waals surface area contributed by atoms with Crippen LogP contribution in [0.1, 0.15) is 45.4 Å². The smallest absolute Gasteiger partial charge is 0.0695 e. The first kappa shape index (κ1) is 13.3. The number of nitrogens with zero attached hydrogens (tertiary/aromatic N) is 2. The van der Waals surface area contributed by atoms with Crippen LogP contribution in [-0.2, 0) is 0 Å². The molecule has 17 heavy (non-hydrogen) atoms. The Morgan fingerprint density at radius 1 is 1.00 bits per heavy atom. The summed E-state index contributed by atoms with van der Waals surface area (Å²) >= 11 is 0. The lowest BCUT2D eigenvalue weighted by atomic mass is 9.92. The Bertz CT molecular complexity index is 234. The fourth-order valence-electron chi connectivity index (χ4n) is 3.25. The molecular formula is C14H28N2O. The maximum atomic E-state index is 10.3. The molecular weight excluding hydrogens is 212 g/mol. The minimum Gasteiger partial charge on any atom is -0.391 e. The van der Waals surface area contributed by atoms with Gasteiger partial charge in [0.1, 0.15) is 0 Å². The standard InChI is InChI=1S/C14H28N2O/c1-12-11-16(10-9-15(12)2)13-7-5-3-4-6-8-14(13)17/h12-14,17H,3-11H2,1-2H3. The fraction of sp³-hybridized carbons (Fsp3) is 1.00. The summed E-state index contributed by atoms with van der Waals surface area (Å²) in [7, 11) is 2.20. The molecule has 2 fully saturated rings. The Hall–Kier alpha value is -0.120. The highest BCUT2D eigenvalue weighted by molar-refractivity contribution is 4.86. The van der Waals surface area contributed by atoms with Gasteiger partial charge in [-0.2, -0.15) is 0 Å². The molecule has 1 N–H and O–H groups in total. The van der Waals surface area contributed by atoms with E-state index in [-0.39, 0.29) is 6.10 Å². The third-order valence-corrected chi connectivity index (χ3v) is 4.65. The third kappa shape index (κ3) is 3.43. The molecule has 100 valence electrons. The molecule has 1 saturated carbocycles. The highest BCUT2D eigenvalue weighted by Gasteiger charge is 2.30. The van der Waals surface area contributed by atoms with E-state index >= 15 is 0 Å². The maximum Gasteiger partial charge on any atom is 0.0695 e. The summed E-state index contributed by atoms with van der Waals surface area (Å²) in [6, 6.07) is 1.05. The molecule has 1 aliphatic heterocycles. The zero-order valence-corrected chi connectivity index (χ0v) is 11.4. The minimum absolute atomic E-state index is 0.0918. The molecule has 1 saturated heterocycles. The van der Waals surface area contributed by atoms with Gasteiger partial charge >= 0.3 is 0 Å². The van der Waals surface area contributed by atoms with Crippen LogP contribution in [-0.4, -0.2) is 59.8 Å². The van der Waals surface area contributed by atoms with Gasteiger partial charge in [-0.15, -0.1) is 0 Å². The summed E-state index contributed by atoms with van der Waals surface area (Å²) in [5.74, 6) is 0. The van der Waals surface area contributed by atoms with Gasteiger partial charge in [0.15, 0.2) is 0 Å². The number of hydrogen-bond acceptors (Lipinski definition) is 3. The quantitative estimate of drug-likeness (QED) is 0.756. The van der Waals surface area contributed by atoms with Gasteiger partial charge in [-0.25, -0.2) is 0 Å². The van der Waals surface area contributed by atoms with E-state index in [1.54, 1.807) is 0 Å². The van der Waals surface area contributed by atoms with Crippen molar-refractivity contribution in [2.45, 2.75) is 63.6 Å². The van der Waals surface area contributed by atoms with Gasteiger partial charge in [-0.1, -0.05) is 25.7 Å². The SMILES string of the molecule is CC1CN(C2CCCCCCC2O)CCN1C. The Morgan fingerprint density at radius 2 is 1.71 bits per heavy atom. The number of hydrogen-bond donors (Lipinski definition) is 1. The highest BCUT2D eigenvalue weighted by atomic mass is 16.3. The topological polar surface area (TPSA) is 26.7 Å². The molecule has 2 rings (SSSR count). The predicted octanol–water partition coefficient (Wildman–Crippen LogP) is 1.71. The molecule has 3 nitrogen and oxygen atoms in total. The van der Waals surface area contributed by atoms with Crippen molar-refractivity contribution >= 4 is 0 Å². The van der Waals surface area contributed by atoms with Gasteiger partial charge in [0.2, 0.25) is 0 Å². The van der Waals surface area contributed by atoms with Gasteiger partial charge in [0, 0.05) is 31.7 Å². The van der Waals surface area contributed by atoms with Crippen LogP contribution in [0.3, 0.4) is 0 Å². The lowest BCUT2D eigenvalue weighted by molar-refractivity contribution is -0.00484. The van der Waals surface area contributed by atoms with Crippen molar-refractivity contribution in [1.29, 1.82) is 0 Å². The van der Waals surface area contributed by atoms with Crippen molar-refractivity contribution in [2.75, 3.05) is 26.7 Å². The fourth-order valence-corrected chi connectivity index (χ4v) is 3.25. The number of rotatable bonds is 1. The first-order chi connectivity index (χ1) is 8.18. The van der Waals surface area contributed by atoms with Crippen molar-refractivity contribution < 1.29 is 5.11 Å². The molecule has 3 unspecified atom stereocenters. The van der Waals surface area contributed by atoms with Crippen LogP contribution in [0.25, 0.3) is 0 Å². The van der Waals surface area contributed by atoms with E-state index in [0.717, 1.165) is 26.1 Å². The van der Waals surface area contributed by atoms with Gasteiger partial charge in [-0.05, 0) is 26.8 Å². The van der Waals surface area contributed by atoms with E-state index in [9.17, 15) is 5.11 Å². The summed E-state index contributed by atoms with van der Waals surface area (Å²) in [5.41, 5.74) is 0. The highest BCUT2D eigenvalue weighted by Crippen LogP contribution is 2.23. The first-order valence-corrected chi connectivity index (χ1v) is 7.31. The van der Waals surface area contributed by atoms with Crippen LogP contribution in [0.4, 0.5) is 0 Å². The minimum atomic E-state index is -0.0918. The molecule has 0 amide bonds. The van der Waals surface area contributed by atoms with E-state index < -0.39 is 0 Å². The van der Waals surface area contributed by atoms with Gasteiger partial charge in [0.05, 0.1) is 6.10 Å². The van der Waals surface area contributed by atoms with Gasteiger partial charge < -0.3 is 10.0 Å². The van der Waals surface area contributed by atoms with E-state index in [0.29, 0.717) is 12.1 Å². The average Bonchev–Trinajstić information content (AvgIpc) is 2.28. The zero-order valence-electron chi connectivity index (χ0n) is 11.4. The van der Waals surface area contributed by atoms with Gasteiger partial charge in [-0.3, -0.25) is 4.90 Å². The summed E-state index contributed by atoms with van der Waals surface area (Å²) in [4.78, 5) is 4.96. The molecule has 3 atom stereocenters. The molecule has 0 radical (unpaired) electrons. The molecule has 0 spiro atoms. The van der Waals surface area contributed by atoms with Crippen molar-refractivity contribution in [2.24, 2.45) is 0 Å². The summed E-state index contributed by atoms with van der Waals surface area (Å²) in [6.45, 7) is 5.69. The molecule has 1 aliphatic carbocycles. The number of piperazine rings is 1. The summed E-state index contributed by atoms with van der Waals surface area (Å²) in [6.07, 6.45) is 7.27. The van der Waals surface area contributed by atoms with Crippen molar-refractivity contribution in [1.82, 2.24) is 9.80 Å². The predicted molar refractivity (Wildman–Crippen MR) is 71.2 cm³/mol. The second-order valence-electron chi connectivity index (χ2n) is 5.95. The van der Waals surface area contributed by atoms with E-state index in [2.05, 4.69) is 23.8 Å². The van der Waals surface area contributed by atoms with E-state index in [1.807, 2.05) is 0 Å². The Kier molecular flexibility index (Phi) is 4.83. The molecule has 0 aromatic carbocycles. The Labute approximate surface area is 106 Å². The number of likely N-dealkylation sites (N-methyl/N-ethyl adjacent to an activating group) is 1. The molecule has 1 heterocycles. The van der Waals surface area contributed by atoms with Crippen molar-refractivity contribution in [3.05, 3.63) is 0 Å². The average molecular weight is 240 g/mol. The second kappa shape index (κ2) is 6.17. The molecule has 0 bridgehead atoms. The molecule has 0 aromatic heterocycles. The lowest BCUT2D eigenvalue weighted by Gasteiger charge is -2.43. The number of aliphatic hydroxyl groups excluding tert-OH is 1. The van der Waals surface area contributed by atoms with Crippen LogP contribution >= 0.6 is 0 Å². The molecule has 0 aromatic rings. The van der Waals surface area contributed by atoms with Crippen LogP contribution in [0, 0.1) is 0 Å².